The van der Waals surface area contributed by atoms with Gasteiger partial charge in [-0.05, 0) is 194 Å². The van der Waals surface area contributed by atoms with Gasteiger partial charge in [0.15, 0.2) is 0 Å². The van der Waals surface area contributed by atoms with E-state index in [-0.39, 0.29) is 28.4 Å². The first-order chi connectivity index (χ1) is 46.1. The number of para-hydroxylation sites is 13. The summed E-state index contributed by atoms with van der Waals surface area (Å²) in [6.45, 7) is 0. The quantitative estimate of drug-likeness (QED) is 0.153. The van der Waals surface area contributed by atoms with Gasteiger partial charge in [0, 0.05) is 8.95 Å². The Hall–Kier alpha value is -12.1. The number of H-pyrrole nitrogens is 1. The topological polar surface area (TPSA) is 146 Å². The van der Waals surface area contributed by atoms with Crippen molar-refractivity contribution >= 4 is 87.0 Å². The van der Waals surface area contributed by atoms with Gasteiger partial charge in [0.25, 0.3) is 0 Å². The molecule has 0 saturated carbocycles. The van der Waals surface area contributed by atoms with E-state index in [4.69, 9.17) is 0 Å². The molecule has 0 fully saturated rings. The molecule has 0 amide bonds. The minimum Gasteiger partial charge on any atom is -0.305 e. The number of hydrogen-bond donors (Lipinski definition) is 1. The molecule has 5 aromatic heterocycles. The lowest BCUT2D eigenvalue weighted by Gasteiger charge is -2.08. The standard InChI is InChI=1S/C45H30N6O3.C19H12Br2N2O.C13H10N2O/c52-43-46(31-13-3-1-4-14-31)37-17-7-9-19-39(37)48(43)33-23-27-35(28-24-33)50-41-21-11-12-22-42(41)51(45(50)54)36-29-25-34(26-30-36)49-40-20-10-8-18-38(40)47(44(49)53)32-15-5-2-6-16-32;20-13-5-9-15(10-6-13)22-17-3-1-2-4-18(17)23(19(22)24)16-11-7-14(21)8-12-16;16-13-14-11-8-4-5-9-12(11)15(13)10-6-2-1-3-7-10/h1-30H;1-12H;1-9H,(H,14,16). The fraction of sp³-hybridized carbons (Fsp3) is 0. The monoisotopic (exact) mass is 1350 g/mol. The minimum absolute atomic E-state index is 0.0826. The van der Waals surface area contributed by atoms with Crippen LogP contribution in [0.1, 0.15) is 0 Å². The van der Waals surface area contributed by atoms with Crippen molar-refractivity contribution in [1.29, 1.82) is 0 Å². The predicted molar refractivity (Wildman–Crippen MR) is 382 cm³/mol. The molecule has 0 aliphatic carbocycles. The maximum Gasteiger partial charge on any atom is 0.338 e. The van der Waals surface area contributed by atoms with Gasteiger partial charge < -0.3 is 4.98 Å². The van der Waals surface area contributed by atoms with Crippen molar-refractivity contribution < 1.29 is 0 Å². The minimum atomic E-state index is -0.243. The number of aromatic nitrogens is 10. The van der Waals surface area contributed by atoms with Crippen molar-refractivity contribution in [2.24, 2.45) is 0 Å². The average Bonchev–Trinajstić information content (AvgIpc) is 1.63. The number of nitrogens with zero attached hydrogens (tertiary/aromatic N) is 9. The summed E-state index contributed by atoms with van der Waals surface area (Å²) in [5.74, 6) is 0. The van der Waals surface area contributed by atoms with E-state index in [1.54, 1.807) is 41.1 Å². The molecule has 17 heteroatoms. The van der Waals surface area contributed by atoms with Gasteiger partial charge in [-0.25, -0.2) is 24.0 Å². The third kappa shape index (κ3) is 10.4. The average molecular weight is 1360 g/mol. The largest absolute Gasteiger partial charge is 0.338 e. The molecule has 17 aromatic rings. The normalized spacial score (nSPS) is 11.3. The van der Waals surface area contributed by atoms with Crippen molar-refractivity contribution in [3.63, 3.8) is 0 Å². The zero-order chi connectivity index (χ0) is 64.0. The van der Waals surface area contributed by atoms with Gasteiger partial charge in [-0.2, -0.15) is 0 Å². The molecule has 0 spiro atoms. The van der Waals surface area contributed by atoms with Crippen LogP contribution in [0.15, 0.2) is 342 Å². The Morgan fingerprint density at radius 1 is 0.191 bits per heavy atom. The van der Waals surface area contributed by atoms with Gasteiger partial charge in [-0.1, -0.05) is 147 Å². The molecular weight excluding hydrogens is 1300 g/mol. The third-order valence-corrected chi connectivity index (χ3v) is 17.6. The molecule has 0 unspecified atom stereocenters. The zero-order valence-corrected chi connectivity index (χ0v) is 52.9. The van der Waals surface area contributed by atoms with Crippen LogP contribution in [0.25, 0.3) is 106 Å². The molecule has 454 valence electrons. The van der Waals surface area contributed by atoms with Crippen LogP contribution < -0.4 is 28.4 Å². The highest BCUT2D eigenvalue weighted by atomic mass is 79.9. The lowest BCUT2D eigenvalue weighted by molar-refractivity contribution is 0.915. The van der Waals surface area contributed by atoms with E-state index in [0.717, 1.165) is 92.5 Å². The predicted octanol–water partition coefficient (Wildman–Crippen LogP) is 15.6. The summed E-state index contributed by atoms with van der Waals surface area (Å²) in [7, 11) is 0. The molecule has 0 aliphatic rings. The van der Waals surface area contributed by atoms with E-state index >= 15 is 0 Å². The molecular formula is C77H52Br2N10O5. The molecule has 0 atom stereocenters. The van der Waals surface area contributed by atoms with Gasteiger partial charge >= 0.3 is 28.4 Å². The first-order valence-corrected chi connectivity index (χ1v) is 31.7. The third-order valence-electron chi connectivity index (χ3n) is 16.5. The van der Waals surface area contributed by atoms with Crippen LogP contribution in [0.3, 0.4) is 0 Å². The Balaban J connectivity index is 0.000000148. The lowest BCUT2D eigenvalue weighted by Crippen LogP contribution is -2.23. The van der Waals surface area contributed by atoms with Crippen LogP contribution in [0, 0.1) is 0 Å². The molecule has 17 rings (SSSR count). The van der Waals surface area contributed by atoms with Crippen molar-refractivity contribution in [2.75, 3.05) is 0 Å². The van der Waals surface area contributed by atoms with E-state index in [9.17, 15) is 24.0 Å². The number of fused-ring (bicyclic) bond motifs is 5. The van der Waals surface area contributed by atoms with Crippen molar-refractivity contribution in [3.05, 3.63) is 371 Å². The fourth-order valence-corrected chi connectivity index (χ4v) is 12.8. The smallest absolute Gasteiger partial charge is 0.305 e. The van der Waals surface area contributed by atoms with Crippen LogP contribution in [-0.4, -0.2) is 46.1 Å². The molecule has 94 heavy (non-hydrogen) atoms. The van der Waals surface area contributed by atoms with E-state index in [2.05, 4.69) is 36.8 Å². The molecule has 0 radical (unpaired) electrons. The summed E-state index contributed by atoms with van der Waals surface area (Å²) in [5.41, 5.74) is 14.2. The Bertz CT molecular complexity index is 5680. The van der Waals surface area contributed by atoms with E-state index in [1.807, 2.05) is 309 Å². The van der Waals surface area contributed by atoms with Crippen LogP contribution in [-0.2, 0) is 0 Å². The van der Waals surface area contributed by atoms with Crippen molar-refractivity contribution in [1.82, 2.24) is 46.1 Å². The number of rotatable bonds is 9. The van der Waals surface area contributed by atoms with Crippen molar-refractivity contribution in [2.45, 2.75) is 0 Å². The maximum atomic E-state index is 14.4. The van der Waals surface area contributed by atoms with Gasteiger partial charge in [0.1, 0.15) is 0 Å². The van der Waals surface area contributed by atoms with Crippen LogP contribution in [0.2, 0.25) is 0 Å². The molecule has 1 N–H and O–H groups in total. The second-order valence-corrected chi connectivity index (χ2v) is 23.9. The number of aromatic amines is 1. The fourth-order valence-electron chi connectivity index (χ4n) is 12.3. The van der Waals surface area contributed by atoms with Gasteiger partial charge in [0.05, 0.1) is 106 Å². The van der Waals surface area contributed by atoms with Crippen molar-refractivity contribution in [3.8, 4) is 51.2 Å². The molecule has 15 nitrogen and oxygen atoms in total. The second kappa shape index (κ2) is 24.6. The van der Waals surface area contributed by atoms with E-state index in [0.29, 0.717) is 22.7 Å². The summed E-state index contributed by atoms with van der Waals surface area (Å²) >= 11 is 6.88. The Morgan fingerprint density at radius 3 is 0.617 bits per heavy atom. The number of imidazole rings is 5. The molecule has 0 saturated heterocycles. The SMILES string of the molecule is O=c1[nH]c2ccccc2n1-c1ccccc1.O=c1n(-c2ccc(Br)cc2)c2ccccc2n1-c1ccc(Br)cc1.O=c1n(-c2ccccc2)c2ccccc2n1-c1ccc(-n2c(=O)n(-c3ccc(-n4c(=O)n(-c5ccccc5)c5ccccc54)cc3)c3ccccc32)cc1. The van der Waals surface area contributed by atoms with Gasteiger partial charge in [-0.3, -0.25) is 41.1 Å². The molecule has 0 aliphatic heterocycles. The zero-order valence-electron chi connectivity index (χ0n) is 49.8. The van der Waals surface area contributed by atoms with Gasteiger partial charge in [-0.15, -0.1) is 0 Å². The number of nitrogens with one attached hydrogen (secondary N) is 1. The molecule has 5 heterocycles. The van der Waals surface area contributed by atoms with Crippen LogP contribution >= 0.6 is 31.9 Å². The lowest BCUT2D eigenvalue weighted by atomic mass is 10.2. The summed E-state index contributed by atoms with van der Waals surface area (Å²) in [5, 5.41) is 0. The molecule has 0 bridgehead atoms. The summed E-state index contributed by atoms with van der Waals surface area (Å²) in [6, 6.07) is 97.8. The Labute approximate surface area is 551 Å². The number of benzene rings is 12. The maximum absolute atomic E-state index is 14.4. The van der Waals surface area contributed by atoms with Gasteiger partial charge in [0.2, 0.25) is 0 Å². The van der Waals surface area contributed by atoms with E-state index < -0.39 is 0 Å². The second-order valence-electron chi connectivity index (χ2n) is 22.0. The first-order valence-electron chi connectivity index (χ1n) is 30.1. The summed E-state index contributed by atoms with van der Waals surface area (Å²) < 4.78 is 17.3. The summed E-state index contributed by atoms with van der Waals surface area (Å²) in [4.78, 5) is 70.1. The highest BCUT2D eigenvalue weighted by molar-refractivity contribution is 9.10. The summed E-state index contributed by atoms with van der Waals surface area (Å²) in [6.07, 6.45) is 0. The van der Waals surface area contributed by atoms with Crippen LogP contribution in [0.5, 0.6) is 0 Å². The van der Waals surface area contributed by atoms with Crippen LogP contribution in [0.4, 0.5) is 0 Å². The first kappa shape index (κ1) is 58.3. The Kier molecular flexibility index (Phi) is 15.3. The number of halogens is 2. The van der Waals surface area contributed by atoms with E-state index in [1.165, 1.54) is 0 Å². The highest BCUT2D eigenvalue weighted by Gasteiger charge is 2.22. The number of hydrogen-bond acceptors (Lipinski definition) is 5. The Morgan fingerprint density at radius 2 is 0.372 bits per heavy atom. The highest BCUT2D eigenvalue weighted by Crippen LogP contribution is 2.28. The molecule has 12 aromatic carbocycles.